The summed E-state index contributed by atoms with van der Waals surface area (Å²) in [6, 6.07) is 12.0. The minimum atomic E-state index is 0.0442. The second-order valence-electron chi connectivity index (χ2n) is 7.71. The van der Waals surface area contributed by atoms with Crippen LogP contribution < -0.4 is 9.64 Å². The molecule has 29 heavy (non-hydrogen) atoms. The molecule has 0 spiro atoms. The van der Waals surface area contributed by atoms with Crippen molar-refractivity contribution < 1.29 is 9.53 Å². The zero-order valence-electron chi connectivity index (χ0n) is 17.6. The first-order valence-electron chi connectivity index (χ1n) is 10.2. The number of likely N-dealkylation sites (N-methyl/N-ethyl adjacent to an activating group) is 1. The molecule has 1 amide bonds. The summed E-state index contributed by atoms with van der Waals surface area (Å²) in [6.07, 6.45) is 3.33. The normalized spacial score (nSPS) is 14.8. The number of rotatable bonds is 8. The molecule has 3 rings (SSSR count). The van der Waals surface area contributed by atoms with Crippen LogP contribution in [0.5, 0.6) is 5.88 Å². The Balaban J connectivity index is 1.62. The van der Waals surface area contributed by atoms with Gasteiger partial charge in [0, 0.05) is 50.9 Å². The van der Waals surface area contributed by atoms with Gasteiger partial charge < -0.3 is 19.4 Å². The molecule has 1 aliphatic rings. The van der Waals surface area contributed by atoms with Crippen molar-refractivity contribution in [2.24, 2.45) is 5.92 Å². The van der Waals surface area contributed by atoms with Gasteiger partial charge in [0.05, 0.1) is 7.11 Å². The summed E-state index contributed by atoms with van der Waals surface area (Å²) in [5.41, 5.74) is 1.17. The van der Waals surface area contributed by atoms with Gasteiger partial charge in [-0.05, 0) is 32.5 Å². The molecule has 1 fully saturated rings. The number of amides is 1. The molecule has 7 nitrogen and oxygen atoms in total. The van der Waals surface area contributed by atoms with Crippen molar-refractivity contribution in [2.45, 2.75) is 19.4 Å². The van der Waals surface area contributed by atoms with Gasteiger partial charge in [0.15, 0.2) is 0 Å². The molecule has 1 aromatic heterocycles. The van der Waals surface area contributed by atoms with E-state index in [1.807, 2.05) is 37.2 Å². The van der Waals surface area contributed by atoms with Crippen molar-refractivity contribution in [1.82, 2.24) is 19.8 Å². The number of hydrogen-bond acceptors (Lipinski definition) is 6. The fraction of sp³-hybridized carbons (Fsp3) is 0.500. The molecular formula is C22H31N5O2. The van der Waals surface area contributed by atoms with Crippen LogP contribution in [0.2, 0.25) is 0 Å². The van der Waals surface area contributed by atoms with E-state index in [9.17, 15) is 4.79 Å². The highest BCUT2D eigenvalue weighted by Crippen LogP contribution is 2.24. The molecular weight excluding hydrogens is 366 g/mol. The zero-order chi connectivity index (χ0) is 20.6. The monoisotopic (exact) mass is 397 g/mol. The summed E-state index contributed by atoms with van der Waals surface area (Å²) >= 11 is 0. The van der Waals surface area contributed by atoms with Crippen LogP contribution in [-0.2, 0) is 11.3 Å². The molecule has 2 heterocycles. The number of carbonyl (C=O) groups excluding carboxylic acids is 1. The predicted molar refractivity (Wildman–Crippen MR) is 114 cm³/mol. The molecule has 156 valence electrons. The van der Waals surface area contributed by atoms with Gasteiger partial charge in [-0.15, -0.1) is 0 Å². The second-order valence-corrected chi connectivity index (χ2v) is 7.71. The van der Waals surface area contributed by atoms with Crippen LogP contribution in [0.1, 0.15) is 18.4 Å². The Morgan fingerprint density at radius 1 is 1.14 bits per heavy atom. The molecule has 0 bridgehead atoms. The fourth-order valence-electron chi connectivity index (χ4n) is 3.57. The van der Waals surface area contributed by atoms with Crippen LogP contribution >= 0.6 is 0 Å². The Hall–Kier alpha value is -2.67. The highest BCUT2D eigenvalue weighted by atomic mass is 16.5. The third-order valence-electron chi connectivity index (χ3n) is 5.30. The maximum atomic E-state index is 13.3. The van der Waals surface area contributed by atoms with E-state index >= 15 is 0 Å². The number of nitrogens with zero attached hydrogens (tertiary/aromatic N) is 5. The minimum Gasteiger partial charge on any atom is -0.481 e. The summed E-state index contributed by atoms with van der Waals surface area (Å²) in [4.78, 5) is 28.3. The van der Waals surface area contributed by atoms with E-state index in [4.69, 9.17) is 4.74 Å². The van der Waals surface area contributed by atoms with E-state index < -0.39 is 0 Å². The third-order valence-corrected chi connectivity index (χ3v) is 5.30. The third kappa shape index (κ3) is 5.90. The van der Waals surface area contributed by atoms with E-state index in [-0.39, 0.29) is 11.8 Å². The molecule has 1 aliphatic heterocycles. The van der Waals surface area contributed by atoms with Gasteiger partial charge in [0.2, 0.25) is 17.7 Å². The number of ether oxygens (including phenoxy) is 1. The lowest BCUT2D eigenvalue weighted by molar-refractivity contribution is -0.137. The van der Waals surface area contributed by atoms with Gasteiger partial charge in [-0.25, -0.2) is 4.98 Å². The molecule has 7 heteroatoms. The van der Waals surface area contributed by atoms with Crippen LogP contribution in [0.4, 0.5) is 5.95 Å². The molecule has 0 radical (unpaired) electrons. The van der Waals surface area contributed by atoms with E-state index in [2.05, 4.69) is 31.9 Å². The Morgan fingerprint density at radius 2 is 1.86 bits per heavy atom. The van der Waals surface area contributed by atoms with Crippen molar-refractivity contribution in [3.8, 4) is 5.88 Å². The number of hydrogen-bond donors (Lipinski definition) is 0. The first kappa shape index (κ1) is 21.0. The van der Waals surface area contributed by atoms with Gasteiger partial charge in [-0.3, -0.25) is 4.79 Å². The first-order valence-corrected chi connectivity index (χ1v) is 10.2. The van der Waals surface area contributed by atoms with Gasteiger partial charge in [0.1, 0.15) is 0 Å². The van der Waals surface area contributed by atoms with Gasteiger partial charge in [-0.2, -0.15) is 4.98 Å². The average molecular weight is 398 g/mol. The van der Waals surface area contributed by atoms with Crippen molar-refractivity contribution in [1.29, 1.82) is 0 Å². The SMILES string of the molecule is COc1ccnc(N2CCC(C(=O)N(CCN(C)C)Cc3ccccc3)CC2)n1. The largest absolute Gasteiger partial charge is 0.481 e. The first-order chi connectivity index (χ1) is 14.1. The Bertz CT molecular complexity index is 776. The van der Waals surface area contributed by atoms with Crippen LogP contribution in [0, 0.1) is 5.92 Å². The number of anilines is 1. The highest BCUT2D eigenvalue weighted by Gasteiger charge is 2.29. The van der Waals surface area contributed by atoms with Crippen molar-refractivity contribution >= 4 is 11.9 Å². The summed E-state index contributed by atoms with van der Waals surface area (Å²) in [6.45, 7) is 3.80. The fourth-order valence-corrected chi connectivity index (χ4v) is 3.57. The number of piperidine rings is 1. The van der Waals surface area contributed by atoms with Crippen LogP contribution in [0.15, 0.2) is 42.6 Å². The maximum absolute atomic E-state index is 13.3. The Kier molecular flexibility index (Phi) is 7.41. The average Bonchev–Trinajstić information content (AvgIpc) is 2.77. The van der Waals surface area contributed by atoms with Crippen molar-refractivity contribution in [3.05, 3.63) is 48.2 Å². The molecule has 0 saturated carbocycles. The summed E-state index contributed by atoms with van der Waals surface area (Å²) in [5, 5.41) is 0. The predicted octanol–water partition coefficient (Wildman–Crippen LogP) is 2.29. The smallest absolute Gasteiger partial charge is 0.228 e. The molecule has 2 aromatic rings. The summed E-state index contributed by atoms with van der Waals surface area (Å²) < 4.78 is 5.20. The van der Waals surface area contributed by atoms with E-state index in [0.29, 0.717) is 18.4 Å². The van der Waals surface area contributed by atoms with Gasteiger partial charge >= 0.3 is 0 Å². The summed E-state index contributed by atoms with van der Waals surface area (Å²) in [7, 11) is 5.68. The topological polar surface area (TPSA) is 61.8 Å². The van der Waals surface area contributed by atoms with Crippen molar-refractivity contribution in [3.63, 3.8) is 0 Å². The minimum absolute atomic E-state index is 0.0442. The van der Waals surface area contributed by atoms with Crippen LogP contribution in [-0.4, -0.2) is 73.1 Å². The molecule has 1 saturated heterocycles. The number of methoxy groups -OCH3 is 1. The van der Waals surface area contributed by atoms with Crippen LogP contribution in [0.25, 0.3) is 0 Å². The molecule has 0 unspecified atom stereocenters. The molecule has 0 aliphatic carbocycles. The zero-order valence-corrected chi connectivity index (χ0v) is 17.6. The Labute approximate surface area is 173 Å². The number of aromatic nitrogens is 2. The quantitative estimate of drug-likeness (QED) is 0.681. The standard InChI is InChI=1S/C22H31N5O2/c1-25(2)15-16-27(17-18-7-5-4-6-8-18)21(28)19-10-13-26(14-11-19)22-23-12-9-20(24-22)29-3/h4-9,12,19H,10-11,13-17H2,1-3H3. The Morgan fingerprint density at radius 3 is 2.52 bits per heavy atom. The maximum Gasteiger partial charge on any atom is 0.228 e. The van der Waals surface area contributed by atoms with Crippen molar-refractivity contribution in [2.75, 3.05) is 52.3 Å². The highest BCUT2D eigenvalue weighted by molar-refractivity contribution is 5.79. The van der Waals surface area contributed by atoms with Gasteiger partial charge in [0.25, 0.3) is 0 Å². The molecule has 0 atom stereocenters. The van der Waals surface area contributed by atoms with Gasteiger partial charge in [-0.1, -0.05) is 30.3 Å². The van der Waals surface area contributed by atoms with E-state index in [0.717, 1.165) is 39.0 Å². The molecule has 0 N–H and O–H groups in total. The molecule has 1 aromatic carbocycles. The lowest BCUT2D eigenvalue weighted by Crippen LogP contribution is -2.44. The second kappa shape index (κ2) is 10.2. The van der Waals surface area contributed by atoms with Crippen LogP contribution in [0.3, 0.4) is 0 Å². The summed E-state index contributed by atoms with van der Waals surface area (Å²) in [5.74, 6) is 1.53. The lowest BCUT2D eigenvalue weighted by atomic mass is 9.95. The number of carbonyl (C=O) groups is 1. The van der Waals surface area contributed by atoms with E-state index in [1.54, 1.807) is 19.4 Å². The van der Waals surface area contributed by atoms with E-state index in [1.165, 1.54) is 5.56 Å². The number of benzene rings is 1. The lowest BCUT2D eigenvalue weighted by Gasteiger charge is -2.34.